The second-order valence-corrected chi connectivity index (χ2v) is 6.70. The number of nitrogens with zero attached hydrogens (tertiary/aromatic N) is 4. The van der Waals surface area contributed by atoms with Crippen LogP contribution in [0.5, 0.6) is 0 Å². The number of nitrogens with one attached hydrogen (secondary N) is 2. The van der Waals surface area contributed by atoms with Crippen LogP contribution in [-0.4, -0.2) is 67.5 Å². The minimum atomic E-state index is 0.0772. The largest absolute Gasteiger partial charge is 0.353 e. The first kappa shape index (κ1) is 19.7. The summed E-state index contributed by atoms with van der Waals surface area (Å²) in [7, 11) is 1.77. The molecule has 0 unspecified atom stereocenters. The highest BCUT2D eigenvalue weighted by Crippen LogP contribution is 2.06. The monoisotopic (exact) mass is 356 g/mol. The lowest BCUT2D eigenvalue weighted by Gasteiger charge is -2.36. The molecule has 1 heterocycles. The van der Waals surface area contributed by atoms with Crippen LogP contribution in [0.15, 0.2) is 29.3 Å². The third kappa shape index (κ3) is 6.05. The van der Waals surface area contributed by atoms with Gasteiger partial charge in [0.15, 0.2) is 5.96 Å². The van der Waals surface area contributed by atoms with E-state index in [1.807, 2.05) is 32.0 Å². The summed E-state index contributed by atoms with van der Waals surface area (Å²) in [6.07, 6.45) is 0. The first-order valence-corrected chi connectivity index (χ1v) is 8.98. The third-order valence-corrected chi connectivity index (χ3v) is 4.21. The highest BCUT2D eigenvalue weighted by atomic mass is 16.2. The minimum Gasteiger partial charge on any atom is -0.353 e. The SMILES string of the molecule is CN=C(NCc1cccc(C#N)c1)N1CCN(CC(=O)NC(C)C)CC1. The van der Waals surface area contributed by atoms with Gasteiger partial charge >= 0.3 is 0 Å². The number of aliphatic imine (C=N–C) groups is 1. The molecule has 2 rings (SSSR count). The van der Waals surface area contributed by atoms with E-state index in [1.54, 1.807) is 13.1 Å². The summed E-state index contributed by atoms with van der Waals surface area (Å²) in [4.78, 5) is 20.6. The van der Waals surface area contributed by atoms with Crippen molar-refractivity contribution in [3.8, 4) is 6.07 Å². The Morgan fingerprint density at radius 3 is 2.65 bits per heavy atom. The number of carbonyl (C=O) groups is 1. The number of carbonyl (C=O) groups excluding carboxylic acids is 1. The van der Waals surface area contributed by atoms with Gasteiger partial charge in [-0.3, -0.25) is 14.7 Å². The number of rotatable bonds is 5. The van der Waals surface area contributed by atoms with Crippen LogP contribution in [0.4, 0.5) is 0 Å². The summed E-state index contributed by atoms with van der Waals surface area (Å²) >= 11 is 0. The van der Waals surface area contributed by atoms with E-state index in [2.05, 4.69) is 31.5 Å². The van der Waals surface area contributed by atoms with Gasteiger partial charge in [-0.25, -0.2) is 0 Å². The van der Waals surface area contributed by atoms with Crippen molar-refractivity contribution in [3.63, 3.8) is 0 Å². The molecular formula is C19H28N6O. The minimum absolute atomic E-state index is 0.0772. The molecule has 7 heteroatoms. The van der Waals surface area contributed by atoms with Gasteiger partial charge < -0.3 is 15.5 Å². The lowest BCUT2D eigenvalue weighted by Crippen LogP contribution is -2.54. The van der Waals surface area contributed by atoms with E-state index in [1.165, 1.54) is 0 Å². The first-order chi connectivity index (χ1) is 12.5. The smallest absolute Gasteiger partial charge is 0.234 e. The van der Waals surface area contributed by atoms with Crippen molar-refractivity contribution in [1.29, 1.82) is 5.26 Å². The molecular weight excluding hydrogens is 328 g/mol. The topological polar surface area (TPSA) is 83.8 Å². The van der Waals surface area contributed by atoms with Crippen molar-refractivity contribution >= 4 is 11.9 Å². The van der Waals surface area contributed by atoms with Gasteiger partial charge in [0.25, 0.3) is 0 Å². The molecule has 0 saturated carbocycles. The van der Waals surface area contributed by atoms with Crippen LogP contribution in [0.3, 0.4) is 0 Å². The molecule has 0 aromatic heterocycles. The van der Waals surface area contributed by atoms with Gasteiger partial charge in [-0.05, 0) is 31.5 Å². The maximum absolute atomic E-state index is 11.9. The van der Waals surface area contributed by atoms with Gasteiger partial charge in [0.05, 0.1) is 18.2 Å². The fourth-order valence-corrected chi connectivity index (χ4v) is 2.95. The molecule has 0 atom stereocenters. The second kappa shape index (κ2) is 9.78. The third-order valence-electron chi connectivity index (χ3n) is 4.21. The summed E-state index contributed by atoms with van der Waals surface area (Å²) in [5.74, 6) is 0.923. The second-order valence-electron chi connectivity index (χ2n) is 6.70. The van der Waals surface area contributed by atoms with Crippen LogP contribution in [0, 0.1) is 11.3 Å². The predicted molar refractivity (Wildman–Crippen MR) is 103 cm³/mol. The molecule has 1 saturated heterocycles. The zero-order valence-electron chi connectivity index (χ0n) is 15.8. The van der Waals surface area contributed by atoms with Gasteiger partial charge in [-0.1, -0.05) is 12.1 Å². The van der Waals surface area contributed by atoms with Crippen molar-refractivity contribution in [2.24, 2.45) is 4.99 Å². The Balaban J connectivity index is 1.81. The van der Waals surface area contributed by atoms with Crippen LogP contribution in [0.2, 0.25) is 0 Å². The van der Waals surface area contributed by atoms with E-state index >= 15 is 0 Å². The number of hydrogen-bond donors (Lipinski definition) is 2. The molecule has 1 aliphatic heterocycles. The average Bonchev–Trinajstić information content (AvgIpc) is 2.63. The number of piperazine rings is 1. The zero-order chi connectivity index (χ0) is 18.9. The number of amides is 1. The van der Waals surface area contributed by atoms with Crippen LogP contribution in [-0.2, 0) is 11.3 Å². The maximum atomic E-state index is 11.9. The number of benzene rings is 1. The molecule has 0 spiro atoms. The Hall–Kier alpha value is -2.59. The molecule has 7 nitrogen and oxygen atoms in total. The van der Waals surface area contributed by atoms with Crippen molar-refractivity contribution in [2.75, 3.05) is 39.8 Å². The fourth-order valence-electron chi connectivity index (χ4n) is 2.95. The Morgan fingerprint density at radius 2 is 2.04 bits per heavy atom. The van der Waals surface area contributed by atoms with Crippen molar-refractivity contribution in [1.82, 2.24) is 20.4 Å². The van der Waals surface area contributed by atoms with Gasteiger partial charge in [0.2, 0.25) is 5.91 Å². The molecule has 0 radical (unpaired) electrons. The van der Waals surface area contributed by atoms with E-state index in [9.17, 15) is 4.79 Å². The van der Waals surface area contributed by atoms with Gasteiger partial charge in [-0.15, -0.1) is 0 Å². The standard InChI is InChI=1S/C19H28N6O/c1-15(2)23-18(26)14-24-7-9-25(10-8-24)19(21-3)22-13-17-6-4-5-16(11-17)12-20/h4-6,11,15H,7-10,13-14H2,1-3H3,(H,21,22)(H,23,26). The number of hydrogen-bond acceptors (Lipinski definition) is 4. The lowest BCUT2D eigenvalue weighted by atomic mass is 10.1. The van der Waals surface area contributed by atoms with Gasteiger partial charge in [0, 0.05) is 45.8 Å². The van der Waals surface area contributed by atoms with Crippen molar-refractivity contribution in [2.45, 2.75) is 26.4 Å². The van der Waals surface area contributed by atoms with E-state index in [0.29, 0.717) is 18.7 Å². The molecule has 2 N–H and O–H groups in total. The summed E-state index contributed by atoms with van der Waals surface area (Å²) in [5, 5.41) is 15.3. The molecule has 1 aromatic rings. The Morgan fingerprint density at radius 1 is 1.31 bits per heavy atom. The van der Waals surface area contributed by atoms with E-state index in [4.69, 9.17) is 5.26 Å². The highest BCUT2D eigenvalue weighted by molar-refractivity contribution is 5.80. The van der Waals surface area contributed by atoms with Gasteiger partial charge in [0.1, 0.15) is 0 Å². The molecule has 26 heavy (non-hydrogen) atoms. The molecule has 1 aromatic carbocycles. The predicted octanol–water partition coefficient (Wildman–Crippen LogP) is 0.776. The highest BCUT2D eigenvalue weighted by Gasteiger charge is 2.21. The summed E-state index contributed by atoms with van der Waals surface area (Å²) in [6, 6.07) is 9.89. The molecule has 1 fully saturated rings. The molecule has 0 bridgehead atoms. The Labute approximate surface area is 155 Å². The summed E-state index contributed by atoms with van der Waals surface area (Å²) < 4.78 is 0. The van der Waals surface area contributed by atoms with Gasteiger partial charge in [-0.2, -0.15) is 5.26 Å². The summed E-state index contributed by atoms with van der Waals surface area (Å²) in [6.45, 7) is 8.32. The van der Waals surface area contributed by atoms with Crippen LogP contribution in [0.25, 0.3) is 0 Å². The average molecular weight is 356 g/mol. The normalized spacial score (nSPS) is 15.7. The van der Waals surface area contributed by atoms with Crippen LogP contribution in [0.1, 0.15) is 25.0 Å². The molecule has 1 amide bonds. The maximum Gasteiger partial charge on any atom is 0.234 e. The number of nitriles is 1. The van der Waals surface area contributed by atoms with Crippen molar-refractivity contribution < 1.29 is 4.79 Å². The van der Waals surface area contributed by atoms with Crippen molar-refractivity contribution in [3.05, 3.63) is 35.4 Å². The summed E-state index contributed by atoms with van der Waals surface area (Å²) in [5.41, 5.74) is 1.71. The Kier molecular flexibility index (Phi) is 7.42. The molecule has 140 valence electrons. The van der Waals surface area contributed by atoms with Crippen LogP contribution < -0.4 is 10.6 Å². The fraction of sp³-hybridized carbons (Fsp3) is 0.526. The molecule has 1 aliphatic rings. The first-order valence-electron chi connectivity index (χ1n) is 8.98. The Bertz CT molecular complexity index is 671. The van der Waals surface area contributed by atoms with E-state index < -0.39 is 0 Å². The number of guanidine groups is 1. The van der Waals surface area contributed by atoms with E-state index in [-0.39, 0.29) is 11.9 Å². The lowest BCUT2D eigenvalue weighted by molar-refractivity contribution is -0.123. The zero-order valence-corrected chi connectivity index (χ0v) is 15.8. The quantitative estimate of drug-likeness (QED) is 0.602. The molecule has 0 aliphatic carbocycles. The van der Waals surface area contributed by atoms with Crippen LogP contribution >= 0.6 is 0 Å². The van der Waals surface area contributed by atoms with E-state index in [0.717, 1.165) is 37.7 Å².